The molecular weight excluding hydrogens is 801 g/mol. The zero-order valence-electron chi connectivity index (χ0n) is 35.1. The first-order valence-electron chi connectivity index (χ1n) is 21.4. The zero-order chi connectivity index (χ0) is 42.4. The first kappa shape index (κ1) is 42.9. The molecule has 1 saturated heterocycles. The molecule has 14 heteroatoms. The van der Waals surface area contributed by atoms with Crippen molar-refractivity contribution in [3.63, 3.8) is 0 Å². The Labute approximate surface area is 359 Å². The summed E-state index contributed by atoms with van der Waals surface area (Å²) in [5.74, 6) is 1.59. The van der Waals surface area contributed by atoms with Gasteiger partial charge in [-0.05, 0) is 94.3 Å². The van der Waals surface area contributed by atoms with E-state index in [4.69, 9.17) is 19.6 Å². The Morgan fingerprint density at radius 1 is 1.17 bits per heavy atom. The van der Waals surface area contributed by atoms with Crippen molar-refractivity contribution in [2.75, 3.05) is 50.6 Å². The van der Waals surface area contributed by atoms with E-state index < -0.39 is 34.1 Å². The number of aromatic nitrogens is 1. The summed E-state index contributed by atoms with van der Waals surface area (Å²) in [6.45, 7) is 6.96. The lowest BCUT2D eigenvalue weighted by Crippen LogP contribution is -2.64. The van der Waals surface area contributed by atoms with Gasteiger partial charge in [-0.3, -0.25) is 4.79 Å². The number of anilines is 1. The highest BCUT2D eigenvalue weighted by atomic mass is 33.1. The molecule has 1 saturated carbocycles. The molecular formula is C46H58N4O8S2. The van der Waals surface area contributed by atoms with Gasteiger partial charge >= 0.3 is 11.6 Å². The Kier molecular flexibility index (Phi) is 12.3. The monoisotopic (exact) mass is 858 g/mol. The molecule has 1 spiro atoms. The van der Waals surface area contributed by atoms with Crippen molar-refractivity contribution in [3.05, 3.63) is 86.4 Å². The number of nitrogens with one attached hydrogen (secondary N) is 1. The van der Waals surface area contributed by atoms with Crippen LogP contribution in [0, 0.1) is 11.8 Å². The average Bonchev–Trinajstić information content (AvgIpc) is 3.86. The maximum Gasteiger partial charge on any atom is 0.340 e. The van der Waals surface area contributed by atoms with Gasteiger partial charge in [-0.25, -0.2) is 14.6 Å². The number of benzene rings is 1. The summed E-state index contributed by atoms with van der Waals surface area (Å²) in [7, 11) is 5.48. The SMILES string of the molecule is CC=C(C)C(=O)OC1(C)CC=C2CSSCC3C(CNC)CN3C(=O)Cc3cnc(N)cc3C2C12Cc1cc3cc(C4(C(CO)CCCO)CCCC4)c(=O)oc3cc1O2. The molecule has 3 aromatic rings. The number of aliphatic hydroxyl groups is 2. The molecule has 2 aliphatic carbocycles. The second kappa shape index (κ2) is 17.2. The van der Waals surface area contributed by atoms with E-state index in [0.29, 0.717) is 72.2 Å². The molecule has 12 nitrogen and oxygen atoms in total. The van der Waals surface area contributed by atoms with Crippen LogP contribution in [0.25, 0.3) is 11.0 Å². The summed E-state index contributed by atoms with van der Waals surface area (Å²) in [6.07, 6.45) is 11.0. The number of carbonyl (C=O) groups excluding carboxylic acids is 2. The molecule has 5 N–H and O–H groups in total. The number of esters is 1. The number of allylic oxidation sites excluding steroid dienone is 1. The normalized spacial score (nSPS) is 28.0. The number of aliphatic hydroxyl groups excluding tert-OH is 2. The van der Waals surface area contributed by atoms with Crippen LogP contribution in [-0.2, 0) is 32.6 Å². The molecule has 5 heterocycles. The van der Waals surface area contributed by atoms with Gasteiger partial charge in [-0.1, -0.05) is 52.2 Å². The van der Waals surface area contributed by atoms with Gasteiger partial charge in [0.1, 0.15) is 17.2 Å². The van der Waals surface area contributed by atoms with Gasteiger partial charge < -0.3 is 40.1 Å². The van der Waals surface area contributed by atoms with Crippen LogP contribution in [0.3, 0.4) is 0 Å². The van der Waals surface area contributed by atoms with E-state index in [1.807, 2.05) is 44.0 Å². The highest BCUT2D eigenvalue weighted by molar-refractivity contribution is 8.76. The van der Waals surface area contributed by atoms with E-state index in [2.05, 4.69) is 16.4 Å². The second-order valence-corrected chi connectivity index (χ2v) is 20.2. The van der Waals surface area contributed by atoms with Crippen molar-refractivity contribution in [1.29, 1.82) is 0 Å². The summed E-state index contributed by atoms with van der Waals surface area (Å²) >= 11 is 0. The Morgan fingerprint density at radius 3 is 2.70 bits per heavy atom. The van der Waals surface area contributed by atoms with Crippen molar-refractivity contribution < 1.29 is 33.7 Å². The minimum absolute atomic E-state index is 0.0188. The van der Waals surface area contributed by atoms with Crippen molar-refractivity contribution >= 4 is 50.3 Å². The molecule has 60 heavy (non-hydrogen) atoms. The van der Waals surface area contributed by atoms with E-state index in [1.165, 1.54) is 0 Å². The fourth-order valence-corrected chi connectivity index (χ4v) is 13.5. The summed E-state index contributed by atoms with van der Waals surface area (Å²) < 4.78 is 20.1. The first-order chi connectivity index (χ1) is 28.9. The van der Waals surface area contributed by atoms with Crippen LogP contribution in [0.2, 0.25) is 0 Å². The Hall–Kier alpha value is -3.82. The highest BCUT2D eigenvalue weighted by Crippen LogP contribution is 2.59. The number of carbonyl (C=O) groups is 2. The zero-order valence-corrected chi connectivity index (χ0v) is 36.7. The van der Waals surface area contributed by atoms with Crippen LogP contribution in [0.5, 0.6) is 5.75 Å². The minimum atomic E-state index is -1.21. The number of fused-ring (bicyclic) bond motifs is 7. The lowest BCUT2D eigenvalue weighted by Gasteiger charge is -2.52. The Balaban J connectivity index is 1.27. The van der Waals surface area contributed by atoms with E-state index in [9.17, 15) is 24.6 Å². The van der Waals surface area contributed by atoms with Gasteiger partial charge in [0.15, 0.2) is 11.2 Å². The Morgan fingerprint density at radius 2 is 1.97 bits per heavy atom. The lowest BCUT2D eigenvalue weighted by molar-refractivity contribution is -0.183. The van der Waals surface area contributed by atoms with Crippen molar-refractivity contribution in [3.8, 4) is 5.75 Å². The highest BCUT2D eigenvalue weighted by Gasteiger charge is 2.64. The molecule has 8 rings (SSSR count). The van der Waals surface area contributed by atoms with Crippen molar-refractivity contribution in [2.24, 2.45) is 11.8 Å². The summed E-state index contributed by atoms with van der Waals surface area (Å²) in [4.78, 5) is 48.6. The van der Waals surface area contributed by atoms with E-state index in [0.717, 1.165) is 65.6 Å². The molecule has 5 aliphatic rings. The summed E-state index contributed by atoms with van der Waals surface area (Å²) in [5.41, 5.74) is 8.07. The largest absolute Gasteiger partial charge is 0.481 e. The Bertz CT molecular complexity index is 2270. The van der Waals surface area contributed by atoms with Crippen LogP contribution in [0.15, 0.2) is 63.0 Å². The average molecular weight is 859 g/mol. The van der Waals surface area contributed by atoms with E-state index >= 15 is 0 Å². The standard InChI is InChI=1S/C46H58N4O8S2/c1-5-27(2)42(54)58-44(3)13-10-28-25-59-60-26-36-32(21-48-4)23-50(36)40(53)17-31-22-49-39(47)18-34(31)41(28)46(44)20-30-15-29-16-35(43(55)56-37(29)19-38(30)57-46)45(11-6-7-12-45)33(24-52)9-8-14-51/h5,10,15-16,18-19,22,32-33,36,41,48,51-52H,6-9,11-14,17,20-21,23-26H2,1-4H3,(H2,47,49). The quantitative estimate of drug-likeness (QED) is 0.0615. The minimum Gasteiger partial charge on any atom is -0.481 e. The molecule has 1 aromatic carbocycles. The van der Waals surface area contributed by atoms with Gasteiger partial charge in [0.2, 0.25) is 5.91 Å². The third-order valence-electron chi connectivity index (χ3n) is 14.4. The smallest absolute Gasteiger partial charge is 0.340 e. The first-order valence-corrected chi connectivity index (χ1v) is 23.9. The van der Waals surface area contributed by atoms with Crippen LogP contribution in [0.1, 0.15) is 93.9 Å². The molecule has 3 aliphatic heterocycles. The van der Waals surface area contributed by atoms with Crippen molar-refractivity contribution in [2.45, 2.75) is 107 Å². The van der Waals surface area contributed by atoms with Crippen molar-refractivity contribution in [1.82, 2.24) is 15.2 Å². The number of nitrogens with two attached hydrogens (primary N) is 1. The fourth-order valence-electron chi connectivity index (χ4n) is 10.9. The molecule has 2 fully saturated rings. The third kappa shape index (κ3) is 7.37. The number of nitrogen functional groups attached to an aromatic ring is 1. The number of amides is 1. The predicted octanol–water partition coefficient (Wildman–Crippen LogP) is 6.00. The number of rotatable bonds is 10. The molecule has 2 aromatic heterocycles. The molecule has 0 radical (unpaired) electrons. The molecule has 6 atom stereocenters. The van der Waals surface area contributed by atoms with Crippen LogP contribution in [-0.4, -0.2) is 94.1 Å². The van der Waals surface area contributed by atoms with Crippen LogP contribution < -0.4 is 21.4 Å². The fraction of sp³-hybridized carbons (Fsp3) is 0.565. The van der Waals surface area contributed by atoms with E-state index in [1.54, 1.807) is 46.9 Å². The van der Waals surface area contributed by atoms with Gasteiger partial charge in [-0.2, -0.15) is 0 Å². The lowest BCUT2D eigenvalue weighted by atomic mass is 9.61. The molecule has 6 unspecified atom stereocenters. The van der Waals surface area contributed by atoms with Crippen LogP contribution >= 0.6 is 21.6 Å². The predicted molar refractivity (Wildman–Crippen MR) is 236 cm³/mol. The second-order valence-electron chi connectivity index (χ2n) is 17.7. The number of hydrogen-bond donors (Lipinski definition) is 4. The molecule has 0 bridgehead atoms. The van der Waals surface area contributed by atoms with Gasteiger partial charge in [0.25, 0.3) is 0 Å². The molecule has 322 valence electrons. The van der Waals surface area contributed by atoms with Gasteiger partial charge in [0, 0.05) is 96.8 Å². The maximum absolute atomic E-state index is 14.2. The molecule has 1 amide bonds. The van der Waals surface area contributed by atoms with E-state index in [-0.39, 0.29) is 37.5 Å². The van der Waals surface area contributed by atoms with Gasteiger partial charge in [0.05, 0.1) is 12.3 Å². The number of nitrogens with zero attached hydrogens (tertiary/aromatic N) is 2. The topological polar surface area (TPSA) is 177 Å². The number of pyridine rings is 1. The van der Waals surface area contributed by atoms with Crippen LogP contribution in [0.4, 0.5) is 5.82 Å². The van der Waals surface area contributed by atoms with Gasteiger partial charge in [-0.15, -0.1) is 0 Å². The third-order valence-corrected chi connectivity index (χ3v) is 16.7. The number of hydrogen-bond acceptors (Lipinski definition) is 13. The number of ether oxygens (including phenoxy) is 2. The maximum atomic E-state index is 14.2. The summed E-state index contributed by atoms with van der Waals surface area (Å²) in [6, 6.07) is 7.76. The summed E-state index contributed by atoms with van der Waals surface area (Å²) in [5, 5.41) is 24.3.